The summed E-state index contributed by atoms with van der Waals surface area (Å²) in [5.74, 6) is -0.253. The highest BCUT2D eigenvalue weighted by Crippen LogP contribution is 2.35. The second-order valence-electron chi connectivity index (χ2n) is 5.67. The van der Waals surface area contributed by atoms with Crippen molar-refractivity contribution in [1.82, 2.24) is 4.90 Å². The fourth-order valence-electron chi connectivity index (χ4n) is 2.85. The molecule has 0 atom stereocenters. The molecule has 0 radical (unpaired) electrons. The number of nitrogens with zero attached hydrogens (tertiary/aromatic N) is 3. The van der Waals surface area contributed by atoms with E-state index < -0.39 is 15.5 Å². The minimum absolute atomic E-state index is 0.165. The summed E-state index contributed by atoms with van der Waals surface area (Å²) < 4.78 is 5.24. The zero-order valence-electron chi connectivity index (χ0n) is 13.7. The van der Waals surface area contributed by atoms with E-state index in [9.17, 15) is 25.0 Å². The molecule has 26 heavy (non-hydrogen) atoms. The number of nitro benzene ring substituents is 2. The molecule has 9 heteroatoms. The van der Waals surface area contributed by atoms with Crippen molar-refractivity contribution in [2.24, 2.45) is 0 Å². The van der Waals surface area contributed by atoms with Crippen LogP contribution in [0.4, 0.5) is 11.4 Å². The van der Waals surface area contributed by atoms with Gasteiger partial charge in [0.25, 0.3) is 17.3 Å². The van der Waals surface area contributed by atoms with Crippen LogP contribution in [0.15, 0.2) is 42.5 Å². The smallest absolute Gasteiger partial charge is 0.284 e. The number of hydrogen-bond acceptors (Lipinski definition) is 6. The quantitative estimate of drug-likeness (QED) is 0.613. The van der Waals surface area contributed by atoms with Crippen LogP contribution in [-0.4, -0.2) is 47.0 Å². The Balaban J connectivity index is 2.09. The van der Waals surface area contributed by atoms with Crippen molar-refractivity contribution in [2.75, 3.05) is 26.3 Å². The fourth-order valence-corrected chi connectivity index (χ4v) is 2.85. The van der Waals surface area contributed by atoms with E-state index in [0.29, 0.717) is 37.4 Å². The maximum atomic E-state index is 12.8. The van der Waals surface area contributed by atoms with Crippen LogP contribution in [0.3, 0.4) is 0 Å². The molecule has 1 saturated heterocycles. The zero-order chi connectivity index (χ0) is 18.7. The number of amides is 1. The van der Waals surface area contributed by atoms with Gasteiger partial charge < -0.3 is 9.64 Å². The van der Waals surface area contributed by atoms with Gasteiger partial charge in [-0.15, -0.1) is 0 Å². The number of carbonyl (C=O) groups is 1. The molecule has 0 N–H and O–H groups in total. The average Bonchev–Trinajstić information content (AvgIpc) is 2.67. The molecule has 134 valence electrons. The maximum absolute atomic E-state index is 12.8. The molecule has 9 nitrogen and oxygen atoms in total. The number of rotatable bonds is 4. The topological polar surface area (TPSA) is 116 Å². The van der Waals surface area contributed by atoms with Gasteiger partial charge in [0.05, 0.1) is 34.7 Å². The van der Waals surface area contributed by atoms with E-state index >= 15 is 0 Å². The molecule has 1 fully saturated rings. The lowest BCUT2D eigenvalue weighted by Crippen LogP contribution is -2.40. The van der Waals surface area contributed by atoms with Gasteiger partial charge in [-0.1, -0.05) is 18.2 Å². The molecule has 2 aromatic carbocycles. The Bertz CT molecular complexity index is 877. The van der Waals surface area contributed by atoms with Gasteiger partial charge in [0.2, 0.25) is 0 Å². The third kappa shape index (κ3) is 3.38. The van der Waals surface area contributed by atoms with Crippen molar-refractivity contribution in [2.45, 2.75) is 0 Å². The summed E-state index contributed by atoms with van der Waals surface area (Å²) in [7, 11) is 0. The van der Waals surface area contributed by atoms with Crippen LogP contribution in [0.5, 0.6) is 0 Å². The van der Waals surface area contributed by atoms with Gasteiger partial charge in [0.15, 0.2) is 0 Å². The van der Waals surface area contributed by atoms with Gasteiger partial charge in [0.1, 0.15) is 0 Å². The molecule has 1 amide bonds. The highest BCUT2D eigenvalue weighted by molar-refractivity contribution is 6.02. The van der Waals surface area contributed by atoms with Gasteiger partial charge in [-0.2, -0.15) is 0 Å². The maximum Gasteiger partial charge on any atom is 0.284 e. The molecule has 2 aromatic rings. The Morgan fingerprint density at radius 3 is 2.31 bits per heavy atom. The Hall–Kier alpha value is -3.33. The van der Waals surface area contributed by atoms with Crippen LogP contribution < -0.4 is 0 Å². The summed E-state index contributed by atoms with van der Waals surface area (Å²) in [6.07, 6.45) is 0. The molecule has 0 aromatic heterocycles. The zero-order valence-corrected chi connectivity index (χ0v) is 13.7. The van der Waals surface area contributed by atoms with Gasteiger partial charge >= 0.3 is 0 Å². The summed E-state index contributed by atoms with van der Waals surface area (Å²) in [6.45, 7) is 1.75. The number of non-ortho nitro benzene ring substituents is 1. The first-order chi connectivity index (χ1) is 12.5. The van der Waals surface area contributed by atoms with E-state index in [-0.39, 0.29) is 17.2 Å². The Morgan fingerprint density at radius 2 is 1.65 bits per heavy atom. The summed E-state index contributed by atoms with van der Waals surface area (Å²) in [5, 5.41) is 22.3. The SMILES string of the molecule is O=C(c1ccccc1-c1ccc([N+](=O)[O-])cc1[N+](=O)[O-])N1CCOCC1. The van der Waals surface area contributed by atoms with Crippen LogP contribution in [0.25, 0.3) is 11.1 Å². The molecule has 0 bridgehead atoms. The first kappa shape index (κ1) is 17.5. The van der Waals surface area contributed by atoms with E-state index in [1.54, 1.807) is 29.2 Å². The number of nitro groups is 2. The number of carbonyl (C=O) groups excluding carboxylic acids is 1. The van der Waals surface area contributed by atoms with Crippen LogP contribution in [-0.2, 0) is 4.74 Å². The molecule has 3 rings (SSSR count). The second kappa shape index (κ2) is 7.28. The van der Waals surface area contributed by atoms with Crippen molar-refractivity contribution >= 4 is 17.3 Å². The molecule has 0 saturated carbocycles. The Kier molecular flexibility index (Phi) is 4.90. The highest BCUT2D eigenvalue weighted by atomic mass is 16.6. The monoisotopic (exact) mass is 357 g/mol. The van der Waals surface area contributed by atoms with Crippen LogP contribution >= 0.6 is 0 Å². The first-order valence-electron chi connectivity index (χ1n) is 7.88. The van der Waals surface area contributed by atoms with Crippen molar-refractivity contribution in [3.63, 3.8) is 0 Å². The summed E-state index contributed by atoms with van der Waals surface area (Å²) in [4.78, 5) is 35.4. The van der Waals surface area contributed by atoms with E-state index in [1.165, 1.54) is 12.1 Å². The van der Waals surface area contributed by atoms with Crippen molar-refractivity contribution in [3.05, 3.63) is 68.3 Å². The largest absolute Gasteiger partial charge is 0.378 e. The summed E-state index contributed by atoms with van der Waals surface area (Å²) >= 11 is 0. The van der Waals surface area contributed by atoms with E-state index in [0.717, 1.165) is 6.07 Å². The van der Waals surface area contributed by atoms with Crippen LogP contribution in [0.1, 0.15) is 10.4 Å². The minimum Gasteiger partial charge on any atom is -0.378 e. The van der Waals surface area contributed by atoms with Crippen LogP contribution in [0.2, 0.25) is 0 Å². The number of ether oxygens (including phenoxy) is 1. The molecule has 0 aliphatic carbocycles. The molecular formula is C17H15N3O6. The predicted molar refractivity (Wildman–Crippen MR) is 91.9 cm³/mol. The Morgan fingerprint density at radius 1 is 0.962 bits per heavy atom. The highest BCUT2D eigenvalue weighted by Gasteiger charge is 2.26. The van der Waals surface area contributed by atoms with E-state index in [2.05, 4.69) is 0 Å². The third-order valence-electron chi connectivity index (χ3n) is 4.13. The lowest BCUT2D eigenvalue weighted by atomic mass is 9.97. The van der Waals surface area contributed by atoms with Gasteiger partial charge in [-0.05, 0) is 12.1 Å². The second-order valence-corrected chi connectivity index (χ2v) is 5.67. The third-order valence-corrected chi connectivity index (χ3v) is 4.13. The van der Waals surface area contributed by atoms with Crippen molar-refractivity contribution in [1.29, 1.82) is 0 Å². The van der Waals surface area contributed by atoms with Gasteiger partial charge in [-0.3, -0.25) is 25.0 Å². The molecule has 1 aliphatic heterocycles. The molecular weight excluding hydrogens is 342 g/mol. The standard InChI is InChI=1S/C17H15N3O6/c21-17(18-7-9-26-10-8-18)15-4-2-1-3-13(15)14-6-5-12(19(22)23)11-16(14)20(24)25/h1-6,11H,7-10H2. The fraction of sp³-hybridized carbons (Fsp3) is 0.235. The van der Waals surface area contributed by atoms with Crippen LogP contribution in [0, 0.1) is 20.2 Å². The molecule has 0 spiro atoms. The number of hydrogen-bond donors (Lipinski definition) is 0. The van der Waals surface area contributed by atoms with Crippen molar-refractivity contribution < 1.29 is 19.4 Å². The molecule has 0 unspecified atom stereocenters. The Labute approximate surface area is 148 Å². The lowest BCUT2D eigenvalue weighted by molar-refractivity contribution is -0.393. The molecule has 1 heterocycles. The summed E-state index contributed by atoms with van der Waals surface area (Å²) in [6, 6.07) is 9.94. The minimum atomic E-state index is -0.693. The summed E-state index contributed by atoms with van der Waals surface area (Å²) in [5.41, 5.74) is 0.0496. The average molecular weight is 357 g/mol. The van der Waals surface area contributed by atoms with E-state index in [1.807, 2.05) is 0 Å². The normalized spacial score (nSPS) is 14.1. The number of morpholine rings is 1. The predicted octanol–water partition coefficient (Wildman–Crippen LogP) is 2.64. The number of benzene rings is 2. The van der Waals surface area contributed by atoms with Gasteiger partial charge in [0, 0.05) is 30.3 Å². The lowest BCUT2D eigenvalue weighted by Gasteiger charge is -2.27. The first-order valence-corrected chi connectivity index (χ1v) is 7.88. The molecule has 1 aliphatic rings. The van der Waals surface area contributed by atoms with Gasteiger partial charge in [-0.25, -0.2) is 0 Å². The van der Waals surface area contributed by atoms with Crippen molar-refractivity contribution in [3.8, 4) is 11.1 Å². The van der Waals surface area contributed by atoms with E-state index in [4.69, 9.17) is 4.74 Å².